The van der Waals surface area contributed by atoms with Crippen LogP contribution >= 0.6 is 0 Å². The molecule has 0 aliphatic carbocycles. The number of ether oxygens (including phenoxy) is 1. The molecule has 0 fully saturated rings. The Morgan fingerprint density at radius 1 is 1.29 bits per heavy atom. The molecule has 92 valence electrons. The van der Waals surface area contributed by atoms with Crippen molar-refractivity contribution < 1.29 is 4.74 Å². The van der Waals surface area contributed by atoms with Crippen LogP contribution in [0.3, 0.4) is 0 Å². The Labute approximate surface area is 102 Å². The lowest BCUT2D eigenvalue weighted by Crippen LogP contribution is -2.13. The lowest BCUT2D eigenvalue weighted by Gasteiger charge is -2.06. The first-order chi connectivity index (χ1) is 8.35. The third-order valence-electron chi connectivity index (χ3n) is 2.86. The van der Waals surface area contributed by atoms with Crippen molar-refractivity contribution in [3.8, 4) is 0 Å². The van der Waals surface area contributed by atoms with Gasteiger partial charge in [-0.25, -0.2) is 0 Å². The molecule has 17 heavy (non-hydrogen) atoms. The first-order valence-electron chi connectivity index (χ1n) is 6.12. The minimum atomic E-state index is 0.606. The number of methoxy groups -OCH3 is 1. The van der Waals surface area contributed by atoms with Crippen LogP contribution in [0.4, 0.5) is 0 Å². The molecule has 3 nitrogen and oxygen atoms in total. The second kappa shape index (κ2) is 5.84. The zero-order valence-corrected chi connectivity index (χ0v) is 10.6. The fraction of sp³-hybridized carbons (Fsp3) is 0.429. The van der Waals surface area contributed by atoms with E-state index in [1.807, 2.05) is 0 Å². The minimum Gasteiger partial charge on any atom is -0.364 e. The molecule has 0 bridgehead atoms. The Bertz CT molecular complexity index is 476. The molecular weight excluding hydrogens is 212 g/mol. The summed E-state index contributed by atoms with van der Waals surface area (Å²) in [5, 5.41) is 4.68. The number of aromatic nitrogens is 1. The van der Waals surface area contributed by atoms with Gasteiger partial charge in [-0.1, -0.05) is 19.1 Å². The molecule has 0 radical (unpaired) electrons. The third-order valence-corrected chi connectivity index (χ3v) is 2.86. The Kier molecular flexibility index (Phi) is 4.18. The fourth-order valence-electron chi connectivity index (χ4n) is 2.00. The van der Waals surface area contributed by atoms with Crippen LogP contribution in [0, 0.1) is 0 Å². The maximum absolute atomic E-state index is 5.18. The molecule has 0 atom stereocenters. The summed E-state index contributed by atoms with van der Waals surface area (Å²) in [7, 11) is 1.72. The van der Waals surface area contributed by atoms with Crippen molar-refractivity contribution in [3.63, 3.8) is 0 Å². The second-order valence-corrected chi connectivity index (χ2v) is 4.27. The van der Waals surface area contributed by atoms with Gasteiger partial charge in [-0.15, -0.1) is 0 Å². The van der Waals surface area contributed by atoms with Gasteiger partial charge in [-0.05, 0) is 36.0 Å². The van der Waals surface area contributed by atoms with E-state index < -0.39 is 0 Å². The summed E-state index contributed by atoms with van der Waals surface area (Å²) in [4.78, 5) is 0. The number of hydrogen-bond donors (Lipinski definition) is 1. The zero-order valence-electron chi connectivity index (χ0n) is 10.6. The topological polar surface area (TPSA) is 26.2 Å². The van der Waals surface area contributed by atoms with Crippen molar-refractivity contribution in [2.24, 2.45) is 0 Å². The smallest absolute Gasteiger partial charge is 0.122 e. The van der Waals surface area contributed by atoms with Crippen LogP contribution in [0.25, 0.3) is 10.9 Å². The van der Waals surface area contributed by atoms with Gasteiger partial charge in [0, 0.05) is 19.9 Å². The van der Waals surface area contributed by atoms with Gasteiger partial charge in [0.2, 0.25) is 0 Å². The van der Waals surface area contributed by atoms with Crippen LogP contribution in [0.5, 0.6) is 0 Å². The molecule has 0 saturated heterocycles. The first kappa shape index (κ1) is 12.1. The van der Waals surface area contributed by atoms with Gasteiger partial charge in [0.25, 0.3) is 0 Å². The maximum Gasteiger partial charge on any atom is 0.122 e. The van der Waals surface area contributed by atoms with E-state index >= 15 is 0 Å². The average molecular weight is 232 g/mol. The van der Waals surface area contributed by atoms with Gasteiger partial charge in [-0.2, -0.15) is 0 Å². The SMILES string of the molecule is CCCNCc1ccc2ccn(COC)c2c1. The summed E-state index contributed by atoms with van der Waals surface area (Å²) in [6, 6.07) is 8.71. The van der Waals surface area contributed by atoms with Gasteiger partial charge >= 0.3 is 0 Å². The lowest BCUT2D eigenvalue weighted by molar-refractivity contribution is 0.135. The van der Waals surface area contributed by atoms with E-state index in [2.05, 4.69) is 47.3 Å². The van der Waals surface area contributed by atoms with E-state index in [-0.39, 0.29) is 0 Å². The first-order valence-corrected chi connectivity index (χ1v) is 6.12. The molecule has 1 aromatic carbocycles. The van der Waals surface area contributed by atoms with E-state index in [0.29, 0.717) is 6.73 Å². The van der Waals surface area contributed by atoms with Gasteiger partial charge in [0.15, 0.2) is 0 Å². The van der Waals surface area contributed by atoms with E-state index in [1.165, 1.54) is 22.9 Å². The Hall–Kier alpha value is -1.32. The summed E-state index contributed by atoms with van der Waals surface area (Å²) in [6.07, 6.45) is 3.24. The second-order valence-electron chi connectivity index (χ2n) is 4.27. The number of nitrogens with one attached hydrogen (secondary N) is 1. The lowest BCUT2D eigenvalue weighted by atomic mass is 10.1. The molecule has 0 spiro atoms. The normalized spacial score (nSPS) is 11.2. The molecule has 2 rings (SSSR count). The average Bonchev–Trinajstić information content (AvgIpc) is 2.73. The monoisotopic (exact) mass is 232 g/mol. The van der Waals surface area contributed by atoms with Crippen molar-refractivity contribution in [2.75, 3.05) is 13.7 Å². The van der Waals surface area contributed by atoms with Crippen LogP contribution in [0.15, 0.2) is 30.5 Å². The highest BCUT2D eigenvalue weighted by molar-refractivity contribution is 5.80. The zero-order chi connectivity index (χ0) is 12.1. The van der Waals surface area contributed by atoms with E-state index in [1.54, 1.807) is 7.11 Å². The molecule has 1 aromatic heterocycles. The summed E-state index contributed by atoms with van der Waals surface area (Å²) < 4.78 is 7.30. The van der Waals surface area contributed by atoms with E-state index in [4.69, 9.17) is 4.74 Å². The fourth-order valence-corrected chi connectivity index (χ4v) is 2.00. The molecule has 1 heterocycles. The predicted molar refractivity (Wildman–Crippen MR) is 70.9 cm³/mol. The summed E-state index contributed by atoms with van der Waals surface area (Å²) in [5.74, 6) is 0. The third kappa shape index (κ3) is 2.87. The van der Waals surface area contributed by atoms with Crippen molar-refractivity contribution in [3.05, 3.63) is 36.0 Å². The number of hydrogen-bond acceptors (Lipinski definition) is 2. The Morgan fingerprint density at radius 2 is 2.18 bits per heavy atom. The molecule has 0 amide bonds. The van der Waals surface area contributed by atoms with Gasteiger partial charge in [0.1, 0.15) is 6.73 Å². The number of rotatable bonds is 6. The molecule has 1 N–H and O–H groups in total. The Balaban J connectivity index is 2.18. The van der Waals surface area contributed by atoms with Crippen LogP contribution in [-0.4, -0.2) is 18.2 Å². The molecule has 3 heteroatoms. The van der Waals surface area contributed by atoms with Crippen molar-refractivity contribution in [1.29, 1.82) is 0 Å². The van der Waals surface area contributed by atoms with Crippen molar-refractivity contribution in [1.82, 2.24) is 9.88 Å². The van der Waals surface area contributed by atoms with E-state index in [9.17, 15) is 0 Å². The largest absolute Gasteiger partial charge is 0.364 e. The summed E-state index contributed by atoms with van der Waals surface area (Å²) in [6.45, 7) is 4.79. The van der Waals surface area contributed by atoms with Crippen LogP contribution in [0.2, 0.25) is 0 Å². The minimum absolute atomic E-state index is 0.606. The number of nitrogens with zero attached hydrogens (tertiary/aromatic N) is 1. The number of fused-ring (bicyclic) bond motifs is 1. The summed E-state index contributed by atoms with van der Waals surface area (Å²) in [5.41, 5.74) is 2.56. The van der Waals surface area contributed by atoms with Gasteiger partial charge in [-0.3, -0.25) is 0 Å². The highest BCUT2D eigenvalue weighted by Gasteiger charge is 2.01. The predicted octanol–water partition coefficient (Wildman–Crippen LogP) is 2.74. The van der Waals surface area contributed by atoms with Crippen molar-refractivity contribution >= 4 is 10.9 Å². The summed E-state index contributed by atoms with van der Waals surface area (Å²) >= 11 is 0. The number of benzene rings is 1. The maximum atomic E-state index is 5.18. The van der Waals surface area contributed by atoms with Crippen LogP contribution in [0.1, 0.15) is 18.9 Å². The van der Waals surface area contributed by atoms with Gasteiger partial charge in [0.05, 0.1) is 5.52 Å². The van der Waals surface area contributed by atoms with Gasteiger partial charge < -0.3 is 14.6 Å². The highest BCUT2D eigenvalue weighted by Crippen LogP contribution is 2.17. The molecular formula is C14H20N2O. The van der Waals surface area contributed by atoms with Crippen LogP contribution in [-0.2, 0) is 18.0 Å². The molecule has 2 aromatic rings. The molecule has 0 unspecified atom stereocenters. The molecule has 0 aliphatic heterocycles. The quantitative estimate of drug-likeness (QED) is 0.775. The van der Waals surface area contributed by atoms with Crippen molar-refractivity contribution in [2.45, 2.75) is 26.6 Å². The van der Waals surface area contributed by atoms with E-state index in [0.717, 1.165) is 13.1 Å². The molecule has 0 saturated carbocycles. The standard InChI is InChI=1S/C14H20N2O/c1-3-7-15-10-12-4-5-13-6-8-16(11-17-2)14(13)9-12/h4-6,8-9,15H,3,7,10-11H2,1-2H3. The highest BCUT2D eigenvalue weighted by atomic mass is 16.5. The Morgan fingerprint density at radius 3 is 2.94 bits per heavy atom. The molecule has 0 aliphatic rings. The van der Waals surface area contributed by atoms with Crippen LogP contribution < -0.4 is 5.32 Å².